The molecule has 0 radical (unpaired) electrons. The van der Waals surface area contributed by atoms with E-state index < -0.39 is 11.7 Å². The molecule has 0 aliphatic carbocycles. The normalized spacial score (nSPS) is 10.0. The number of rotatable bonds is 5. The Morgan fingerprint density at radius 1 is 1.25 bits per heavy atom. The van der Waals surface area contributed by atoms with Crippen molar-refractivity contribution in [1.82, 2.24) is 0 Å². The Balaban J connectivity index is 2.16. The van der Waals surface area contributed by atoms with Crippen LogP contribution in [-0.4, -0.2) is 11.1 Å². The molecule has 0 amide bonds. The van der Waals surface area contributed by atoms with Crippen molar-refractivity contribution in [3.8, 4) is 11.5 Å². The third-order valence-electron chi connectivity index (χ3n) is 2.81. The molecule has 0 aliphatic heterocycles. The Morgan fingerprint density at radius 2 is 1.95 bits per heavy atom. The van der Waals surface area contributed by atoms with Crippen molar-refractivity contribution in [2.75, 3.05) is 0 Å². The van der Waals surface area contributed by atoms with Crippen LogP contribution in [-0.2, 0) is 6.61 Å². The first-order valence-electron chi connectivity index (χ1n) is 5.99. The fourth-order valence-corrected chi connectivity index (χ4v) is 1.75. The van der Waals surface area contributed by atoms with E-state index in [-0.39, 0.29) is 17.9 Å². The molecule has 0 aliphatic rings. The maximum absolute atomic E-state index is 11.5. The van der Waals surface area contributed by atoms with Gasteiger partial charge in [-0.1, -0.05) is 54.8 Å². The van der Waals surface area contributed by atoms with Crippen LogP contribution in [0.1, 0.15) is 21.5 Å². The van der Waals surface area contributed by atoms with Gasteiger partial charge < -0.3 is 14.9 Å². The van der Waals surface area contributed by atoms with E-state index >= 15 is 0 Å². The quantitative estimate of drug-likeness (QED) is 0.906. The largest absolute Gasteiger partial charge is 0.872 e. The van der Waals surface area contributed by atoms with Crippen molar-refractivity contribution in [3.63, 3.8) is 0 Å². The fourth-order valence-electron chi connectivity index (χ4n) is 1.75. The Labute approximate surface area is 116 Å². The van der Waals surface area contributed by atoms with Crippen molar-refractivity contribution < 1.29 is 19.7 Å². The van der Waals surface area contributed by atoms with E-state index in [0.717, 1.165) is 11.1 Å². The summed E-state index contributed by atoms with van der Waals surface area (Å²) in [7, 11) is 0. The summed E-state index contributed by atoms with van der Waals surface area (Å²) in [6.07, 6.45) is 1.73. The minimum atomic E-state index is -1.28. The molecule has 0 unspecified atom stereocenters. The molecule has 102 valence electrons. The molecule has 0 bridgehead atoms. The van der Waals surface area contributed by atoms with Crippen molar-refractivity contribution in [3.05, 3.63) is 65.7 Å². The van der Waals surface area contributed by atoms with E-state index in [4.69, 9.17) is 9.84 Å². The highest BCUT2D eigenvalue weighted by atomic mass is 16.5. The molecular weight excluding hydrogens is 256 g/mol. The highest BCUT2D eigenvalue weighted by molar-refractivity contribution is 5.93. The molecule has 0 spiro atoms. The van der Waals surface area contributed by atoms with Crippen LogP contribution in [0.25, 0.3) is 6.08 Å². The summed E-state index contributed by atoms with van der Waals surface area (Å²) < 4.78 is 5.43. The van der Waals surface area contributed by atoms with E-state index in [1.165, 1.54) is 18.2 Å². The van der Waals surface area contributed by atoms with Gasteiger partial charge in [-0.15, -0.1) is 0 Å². The predicted octanol–water partition coefficient (Wildman–Crippen LogP) is 2.68. The Bertz CT molecular complexity index is 629. The molecule has 0 saturated carbocycles. The predicted molar refractivity (Wildman–Crippen MR) is 73.7 cm³/mol. The molecule has 4 nitrogen and oxygen atoms in total. The first kappa shape index (κ1) is 13.7. The molecule has 0 fully saturated rings. The number of ether oxygens (including phenoxy) is 1. The molecule has 0 heterocycles. The van der Waals surface area contributed by atoms with Gasteiger partial charge in [0, 0.05) is 0 Å². The van der Waals surface area contributed by atoms with Crippen molar-refractivity contribution in [2.45, 2.75) is 6.61 Å². The summed E-state index contributed by atoms with van der Waals surface area (Å²) in [5, 5.41) is 20.5. The van der Waals surface area contributed by atoms with E-state index in [9.17, 15) is 9.90 Å². The maximum atomic E-state index is 11.5. The summed E-state index contributed by atoms with van der Waals surface area (Å²) >= 11 is 0. The summed E-state index contributed by atoms with van der Waals surface area (Å²) in [4.78, 5) is 11.0. The number of hydrogen-bond donors (Lipinski definition) is 1. The number of hydrogen-bond acceptors (Lipinski definition) is 3. The molecule has 20 heavy (non-hydrogen) atoms. The summed E-state index contributed by atoms with van der Waals surface area (Å²) in [5.41, 5.74) is 1.53. The lowest BCUT2D eigenvalue weighted by Gasteiger charge is -2.15. The van der Waals surface area contributed by atoms with Crippen LogP contribution in [0.5, 0.6) is 11.5 Å². The van der Waals surface area contributed by atoms with Gasteiger partial charge in [0.15, 0.2) is 0 Å². The molecular formula is C16H13O4-. The van der Waals surface area contributed by atoms with Gasteiger partial charge in [-0.3, -0.25) is 0 Å². The number of carboxylic acid groups (broad SMARTS) is 1. The second kappa shape index (κ2) is 5.93. The Hall–Kier alpha value is -2.75. The van der Waals surface area contributed by atoms with E-state index in [0.29, 0.717) is 0 Å². The number of carbonyl (C=O) groups is 1. The van der Waals surface area contributed by atoms with Gasteiger partial charge in [-0.05, 0) is 17.2 Å². The monoisotopic (exact) mass is 269 g/mol. The average molecular weight is 269 g/mol. The molecule has 0 atom stereocenters. The summed E-state index contributed by atoms with van der Waals surface area (Å²) in [6, 6.07) is 11.6. The lowest BCUT2D eigenvalue weighted by atomic mass is 10.1. The van der Waals surface area contributed by atoms with Gasteiger partial charge in [-0.25, -0.2) is 4.79 Å². The lowest BCUT2D eigenvalue weighted by Crippen LogP contribution is -2.07. The second-order valence-electron chi connectivity index (χ2n) is 4.17. The number of carboxylic acids is 1. The van der Waals surface area contributed by atoms with E-state index in [2.05, 4.69) is 6.58 Å². The third-order valence-corrected chi connectivity index (χ3v) is 2.81. The van der Waals surface area contributed by atoms with Crippen LogP contribution < -0.4 is 9.84 Å². The smallest absolute Gasteiger partial charge is 0.338 e. The number of aromatic carboxylic acids is 1. The van der Waals surface area contributed by atoms with Crippen molar-refractivity contribution in [1.29, 1.82) is 0 Å². The molecule has 1 N–H and O–H groups in total. The number of benzene rings is 2. The van der Waals surface area contributed by atoms with Crippen LogP contribution in [0.4, 0.5) is 0 Å². The van der Waals surface area contributed by atoms with E-state index in [1.807, 2.05) is 24.3 Å². The lowest BCUT2D eigenvalue weighted by molar-refractivity contribution is -0.268. The van der Waals surface area contributed by atoms with Crippen LogP contribution in [0, 0.1) is 0 Å². The van der Waals surface area contributed by atoms with Crippen molar-refractivity contribution in [2.24, 2.45) is 0 Å². The van der Waals surface area contributed by atoms with Crippen LogP contribution in [0.15, 0.2) is 49.0 Å². The van der Waals surface area contributed by atoms with Gasteiger partial charge in [-0.2, -0.15) is 0 Å². The van der Waals surface area contributed by atoms with Crippen LogP contribution in [0.2, 0.25) is 0 Å². The zero-order valence-corrected chi connectivity index (χ0v) is 10.7. The average Bonchev–Trinajstić information content (AvgIpc) is 2.45. The minimum Gasteiger partial charge on any atom is -0.872 e. The van der Waals surface area contributed by atoms with Gasteiger partial charge >= 0.3 is 5.97 Å². The molecule has 2 aromatic carbocycles. The topological polar surface area (TPSA) is 69.6 Å². The third kappa shape index (κ3) is 2.98. The highest BCUT2D eigenvalue weighted by Crippen LogP contribution is 2.26. The molecule has 0 aromatic heterocycles. The SMILES string of the molecule is C=Cc1ccc(COc2cccc([O-])c2C(=O)O)cc1. The molecule has 4 heteroatoms. The summed E-state index contributed by atoms with van der Waals surface area (Å²) in [6.45, 7) is 3.86. The van der Waals surface area contributed by atoms with Crippen LogP contribution in [0.3, 0.4) is 0 Å². The molecule has 0 saturated heterocycles. The Morgan fingerprint density at radius 3 is 2.55 bits per heavy atom. The zero-order chi connectivity index (χ0) is 14.5. The van der Waals surface area contributed by atoms with Gasteiger partial charge in [0.25, 0.3) is 0 Å². The van der Waals surface area contributed by atoms with Gasteiger partial charge in [0.1, 0.15) is 12.4 Å². The minimum absolute atomic E-state index is 0.0813. The van der Waals surface area contributed by atoms with Gasteiger partial charge in [0.05, 0.1) is 5.56 Å². The maximum Gasteiger partial charge on any atom is 0.338 e. The summed E-state index contributed by atoms with van der Waals surface area (Å²) in [5.74, 6) is -1.76. The zero-order valence-electron chi connectivity index (χ0n) is 10.7. The molecule has 2 rings (SSSR count). The first-order chi connectivity index (χ1) is 9.61. The van der Waals surface area contributed by atoms with Crippen molar-refractivity contribution >= 4 is 12.0 Å². The Kier molecular flexibility index (Phi) is 4.05. The molecule has 2 aromatic rings. The van der Waals surface area contributed by atoms with Gasteiger partial charge in [0.2, 0.25) is 0 Å². The van der Waals surface area contributed by atoms with Crippen LogP contribution >= 0.6 is 0 Å². The second-order valence-corrected chi connectivity index (χ2v) is 4.17. The standard InChI is InChI=1S/C16H14O4/c1-2-11-6-8-12(9-7-11)10-20-14-5-3-4-13(17)15(14)16(18)19/h2-9,17H,1,10H2,(H,18,19)/p-1. The fraction of sp³-hybridized carbons (Fsp3) is 0.0625. The van der Waals surface area contributed by atoms with E-state index in [1.54, 1.807) is 6.08 Å². The first-order valence-corrected chi connectivity index (χ1v) is 5.99. The highest BCUT2D eigenvalue weighted by Gasteiger charge is 2.11.